The zero-order valence-electron chi connectivity index (χ0n) is 17.3. The highest BCUT2D eigenvalue weighted by atomic mass is 19.4. The number of H-pyrrole nitrogens is 1. The van der Waals surface area contributed by atoms with E-state index in [4.69, 9.17) is 5.41 Å². The van der Waals surface area contributed by atoms with Crippen LogP contribution < -0.4 is 15.8 Å². The largest absolute Gasteiger partial charge is 0.393 e. The van der Waals surface area contributed by atoms with Gasteiger partial charge in [0, 0.05) is 14.1 Å². The molecule has 0 radical (unpaired) electrons. The van der Waals surface area contributed by atoms with Gasteiger partial charge in [0.05, 0.1) is 24.8 Å². The van der Waals surface area contributed by atoms with Crippen molar-refractivity contribution in [3.05, 3.63) is 51.3 Å². The normalized spacial score (nSPS) is 12.7. The van der Waals surface area contributed by atoms with E-state index in [0.717, 1.165) is 0 Å². The Bertz CT molecular complexity index is 937. The van der Waals surface area contributed by atoms with Crippen molar-refractivity contribution in [3.63, 3.8) is 0 Å². The first-order chi connectivity index (χ1) is 13.9. The van der Waals surface area contributed by atoms with Crippen LogP contribution in [0.25, 0.3) is 0 Å². The minimum absolute atomic E-state index is 0.0153. The first-order valence-electron chi connectivity index (χ1n) is 9.35. The molecular formula is C20H26F3N5O2. The Kier molecular flexibility index (Phi) is 7.25. The summed E-state index contributed by atoms with van der Waals surface area (Å²) in [5.74, 6) is 0.373. The van der Waals surface area contributed by atoms with Crippen molar-refractivity contribution in [2.45, 2.75) is 32.5 Å². The summed E-state index contributed by atoms with van der Waals surface area (Å²) in [6, 6.07) is 5.67. The van der Waals surface area contributed by atoms with E-state index in [9.17, 15) is 23.1 Å². The van der Waals surface area contributed by atoms with E-state index in [0.29, 0.717) is 5.56 Å². The number of hydrogen-bond donors (Lipinski definition) is 4. The van der Waals surface area contributed by atoms with Gasteiger partial charge in [-0.25, -0.2) is 0 Å². The van der Waals surface area contributed by atoms with E-state index in [-0.39, 0.29) is 40.6 Å². The van der Waals surface area contributed by atoms with Gasteiger partial charge in [-0.1, -0.05) is 38.1 Å². The second kappa shape index (κ2) is 9.29. The van der Waals surface area contributed by atoms with Crippen LogP contribution in [0, 0.1) is 11.3 Å². The maximum Gasteiger partial charge on any atom is 0.393 e. The van der Waals surface area contributed by atoms with Gasteiger partial charge >= 0.3 is 6.18 Å². The Labute approximate surface area is 172 Å². The Hall–Kier alpha value is -2.88. The molecule has 4 N–H and O–H groups in total. The molecule has 0 saturated carbocycles. The molecular weight excluding hydrogens is 399 g/mol. The minimum Gasteiger partial charge on any atom is -0.390 e. The van der Waals surface area contributed by atoms with Gasteiger partial charge in [0.15, 0.2) is 0 Å². The molecule has 1 unspecified atom stereocenters. The number of benzene rings is 1. The van der Waals surface area contributed by atoms with Crippen molar-refractivity contribution < 1.29 is 18.3 Å². The predicted molar refractivity (Wildman–Crippen MR) is 111 cm³/mol. The van der Waals surface area contributed by atoms with Crippen LogP contribution >= 0.6 is 0 Å². The molecule has 30 heavy (non-hydrogen) atoms. The third-order valence-electron chi connectivity index (χ3n) is 4.49. The van der Waals surface area contributed by atoms with Gasteiger partial charge < -0.3 is 20.7 Å². The van der Waals surface area contributed by atoms with Gasteiger partial charge in [-0.05, 0) is 17.0 Å². The zero-order chi connectivity index (χ0) is 22.6. The van der Waals surface area contributed by atoms with Crippen LogP contribution in [0.15, 0.2) is 29.1 Å². The first kappa shape index (κ1) is 23.4. The number of alkyl halides is 3. The summed E-state index contributed by atoms with van der Waals surface area (Å²) >= 11 is 0. The van der Waals surface area contributed by atoms with Crippen LogP contribution in [0.4, 0.5) is 24.9 Å². The number of aliphatic hydroxyl groups is 1. The lowest BCUT2D eigenvalue weighted by molar-refractivity contribution is -0.127. The quantitative estimate of drug-likeness (QED) is 0.487. The van der Waals surface area contributed by atoms with Crippen LogP contribution in [-0.4, -0.2) is 47.7 Å². The molecule has 10 heteroatoms. The number of nitrogens with one attached hydrogen (secondary N) is 3. The highest BCUT2D eigenvalue weighted by Gasteiger charge is 2.28. The van der Waals surface area contributed by atoms with E-state index in [1.165, 1.54) is 12.1 Å². The Balaban J connectivity index is 2.46. The van der Waals surface area contributed by atoms with Gasteiger partial charge in [0.2, 0.25) is 5.95 Å². The summed E-state index contributed by atoms with van der Waals surface area (Å²) in [5, 5.41) is 20.5. The lowest BCUT2D eigenvalue weighted by Crippen LogP contribution is -2.29. The smallest absolute Gasteiger partial charge is 0.390 e. The Morgan fingerprint density at radius 1 is 1.27 bits per heavy atom. The number of nitrogens with zero attached hydrogens (tertiary/aromatic N) is 2. The maximum atomic E-state index is 12.6. The molecule has 1 aromatic heterocycles. The molecule has 164 valence electrons. The molecule has 1 aromatic carbocycles. The van der Waals surface area contributed by atoms with Crippen molar-refractivity contribution in [3.8, 4) is 0 Å². The SMILES string of the molecule is CC(C)C(Nc1nc(N(C)C)[nH]c(=O)c1C(=N)CO)c1ccc(CC(F)(F)F)cc1. The van der Waals surface area contributed by atoms with Crippen LogP contribution in [0.1, 0.15) is 36.6 Å². The third kappa shape index (κ3) is 5.82. The monoisotopic (exact) mass is 425 g/mol. The predicted octanol–water partition coefficient (Wildman–Crippen LogP) is 3.11. The van der Waals surface area contributed by atoms with Crippen LogP contribution in [0.5, 0.6) is 0 Å². The van der Waals surface area contributed by atoms with E-state index in [1.54, 1.807) is 31.1 Å². The van der Waals surface area contributed by atoms with Crippen molar-refractivity contribution in [2.75, 3.05) is 30.9 Å². The molecule has 0 amide bonds. The standard InChI is InChI=1S/C20H26F3N5O2/c1-11(2)16(13-7-5-12(6-8-13)9-20(21,22)23)25-17-15(14(24)10-29)18(30)27-19(26-17)28(3)4/h5-8,11,16,24,29H,9-10H2,1-4H3,(H2,25,26,27,30). The molecule has 0 fully saturated rings. The fourth-order valence-corrected chi connectivity index (χ4v) is 2.99. The van der Waals surface area contributed by atoms with Gasteiger partial charge in [0.1, 0.15) is 11.4 Å². The molecule has 0 aliphatic carbocycles. The number of aromatic amines is 1. The summed E-state index contributed by atoms with van der Waals surface area (Å²) in [6.45, 7) is 3.19. The summed E-state index contributed by atoms with van der Waals surface area (Å²) in [4.78, 5) is 21.0. The molecule has 0 bridgehead atoms. The van der Waals surface area contributed by atoms with Gasteiger partial charge in [-0.2, -0.15) is 18.2 Å². The minimum atomic E-state index is -4.28. The lowest BCUT2D eigenvalue weighted by atomic mass is 9.94. The second-order valence-electron chi connectivity index (χ2n) is 7.54. The number of aromatic nitrogens is 2. The van der Waals surface area contributed by atoms with Gasteiger partial charge in [-0.3, -0.25) is 9.78 Å². The molecule has 1 heterocycles. The number of aliphatic hydroxyl groups excluding tert-OH is 1. The number of hydrogen-bond acceptors (Lipinski definition) is 6. The molecule has 7 nitrogen and oxygen atoms in total. The summed E-state index contributed by atoms with van der Waals surface area (Å²) in [5.41, 5.74) is -0.0770. The molecule has 0 aliphatic rings. The van der Waals surface area contributed by atoms with Crippen molar-refractivity contribution in [1.82, 2.24) is 9.97 Å². The van der Waals surface area contributed by atoms with Gasteiger partial charge in [0.25, 0.3) is 5.56 Å². The zero-order valence-corrected chi connectivity index (χ0v) is 17.3. The molecule has 0 aliphatic heterocycles. The van der Waals surface area contributed by atoms with Crippen LogP contribution in [0.2, 0.25) is 0 Å². The van der Waals surface area contributed by atoms with E-state index < -0.39 is 24.8 Å². The van der Waals surface area contributed by atoms with Crippen LogP contribution in [-0.2, 0) is 6.42 Å². The third-order valence-corrected chi connectivity index (χ3v) is 4.49. The van der Waals surface area contributed by atoms with Crippen molar-refractivity contribution in [2.24, 2.45) is 5.92 Å². The highest BCUT2D eigenvalue weighted by molar-refractivity contribution is 6.02. The summed E-state index contributed by atoms with van der Waals surface area (Å²) < 4.78 is 37.8. The molecule has 0 spiro atoms. The van der Waals surface area contributed by atoms with E-state index >= 15 is 0 Å². The van der Waals surface area contributed by atoms with Crippen molar-refractivity contribution >= 4 is 17.5 Å². The number of anilines is 2. The van der Waals surface area contributed by atoms with Crippen molar-refractivity contribution in [1.29, 1.82) is 5.41 Å². The molecule has 0 saturated heterocycles. The molecule has 2 rings (SSSR count). The number of halogens is 3. The average Bonchev–Trinajstić information content (AvgIpc) is 2.64. The van der Waals surface area contributed by atoms with E-state index in [1.807, 2.05) is 13.8 Å². The first-order valence-corrected chi connectivity index (χ1v) is 9.35. The van der Waals surface area contributed by atoms with Gasteiger partial charge in [-0.15, -0.1) is 0 Å². The second-order valence-corrected chi connectivity index (χ2v) is 7.54. The van der Waals surface area contributed by atoms with E-state index in [2.05, 4.69) is 15.3 Å². The van der Waals surface area contributed by atoms with Crippen LogP contribution in [0.3, 0.4) is 0 Å². The Morgan fingerprint density at radius 2 is 1.87 bits per heavy atom. The topological polar surface area (TPSA) is 105 Å². The fraction of sp³-hybridized carbons (Fsp3) is 0.450. The Morgan fingerprint density at radius 3 is 2.33 bits per heavy atom. The summed E-state index contributed by atoms with van der Waals surface area (Å²) in [7, 11) is 3.39. The molecule has 2 aromatic rings. The number of rotatable bonds is 8. The highest BCUT2D eigenvalue weighted by Crippen LogP contribution is 2.29. The maximum absolute atomic E-state index is 12.6. The summed E-state index contributed by atoms with van der Waals surface area (Å²) in [6.07, 6.45) is -5.29. The molecule has 1 atom stereocenters. The fourth-order valence-electron chi connectivity index (χ4n) is 2.99. The average molecular weight is 425 g/mol. The lowest BCUT2D eigenvalue weighted by Gasteiger charge is -2.25.